The Hall–Kier alpha value is -5.17. The molecule has 3 aliphatic rings. The summed E-state index contributed by atoms with van der Waals surface area (Å²) in [6.45, 7) is 10.4. The zero-order valence-corrected chi connectivity index (χ0v) is 29.3. The topological polar surface area (TPSA) is 108 Å². The van der Waals surface area contributed by atoms with Crippen LogP contribution in [-0.2, 0) is 9.63 Å². The van der Waals surface area contributed by atoms with Crippen molar-refractivity contribution in [2.45, 2.75) is 31.3 Å². The maximum atomic E-state index is 12.6. The van der Waals surface area contributed by atoms with E-state index in [1.807, 2.05) is 71.8 Å². The first-order chi connectivity index (χ1) is 25.0. The van der Waals surface area contributed by atoms with Crippen LogP contribution in [0.25, 0.3) is 0 Å². The van der Waals surface area contributed by atoms with E-state index in [0.717, 1.165) is 81.3 Å². The molecular formula is C39H46N8O4. The number of hydroxylamine groups is 1. The number of aromatic nitrogens is 2. The summed E-state index contributed by atoms with van der Waals surface area (Å²) in [5.41, 5.74) is 3.30. The van der Waals surface area contributed by atoms with E-state index in [2.05, 4.69) is 55.0 Å². The van der Waals surface area contributed by atoms with Crippen LogP contribution in [0, 0.1) is 0 Å². The molecule has 4 aromatic rings. The van der Waals surface area contributed by atoms with Crippen LogP contribution >= 0.6 is 0 Å². The minimum atomic E-state index is -0.278. The van der Waals surface area contributed by atoms with Crippen molar-refractivity contribution in [1.29, 1.82) is 0 Å². The minimum Gasteiger partial charge on any atom is -0.494 e. The van der Waals surface area contributed by atoms with Crippen LogP contribution < -0.4 is 30.1 Å². The van der Waals surface area contributed by atoms with Gasteiger partial charge in [-0.1, -0.05) is 36.9 Å². The van der Waals surface area contributed by atoms with Crippen molar-refractivity contribution in [2.75, 3.05) is 80.6 Å². The predicted octanol–water partition coefficient (Wildman–Crippen LogP) is 6.24. The summed E-state index contributed by atoms with van der Waals surface area (Å²) in [6.07, 6.45) is 5.71. The number of hydrogen-bond acceptors (Lipinski definition) is 11. The molecule has 1 amide bonds. The van der Waals surface area contributed by atoms with Gasteiger partial charge in [-0.25, -0.2) is 15.0 Å². The molecule has 1 aromatic heterocycles. The molecule has 0 radical (unpaired) electrons. The molecule has 3 aliphatic heterocycles. The lowest BCUT2D eigenvalue weighted by molar-refractivity contribution is -0.111. The molecule has 3 aromatic carbocycles. The van der Waals surface area contributed by atoms with Crippen molar-refractivity contribution in [2.24, 2.45) is 0 Å². The van der Waals surface area contributed by atoms with Crippen molar-refractivity contribution < 1.29 is 19.1 Å². The molecule has 51 heavy (non-hydrogen) atoms. The van der Waals surface area contributed by atoms with E-state index in [1.165, 1.54) is 12.4 Å². The maximum absolute atomic E-state index is 12.6. The molecule has 0 saturated carbocycles. The summed E-state index contributed by atoms with van der Waals surface area (Å²) in [4.78, 5) is 35.2. The van der Waals surface area contributed by atoms with Gasteiger partial charge in [0.1, 0.15) is 29.4 Å². The molecule has 266 valence electrons. The van der Waals surface area contributed by atoms with Crippen LogP contribution in [0.2, 0.25) is 0 Å². The summed E-state index contributed by atoms with van der Waals surface area (Å²) < 4.78 is 12.0. The standard InChI is InChI=1S/C39H46N8O4/c1-4-39(48)43-32-24-33(36(49-3)25-35(32)46-16-13-29(14-17-46)45-20-18-44(2)19-21-45)42-37-26-38(41-27-40-37)47-34(15-22-50-47)28-9-8-12-31(23-28)51-30-10-6-5-7-11-30/h4-12,23-27,29,34H,1,13-22H2,2-3H3,(H,43,48)(H,40,41,42). The van der Waals surface area contributed by atoms with Gasteiger partial charge in [0.2, 0.25) is 5.91 Å². The second-order valence-electron chi connectivity index (χ2n) is 13.2. The first kappa shape index (κ1) is 34.3. The third-order valence-electron chi connectivity index (χ3n) is 9.89. The zero-order chi connectivity index (χ0) is 35.2. The molecule has 1 atom stereocenters. The van der Waals surface area contributed by atoms with Gasteiger partial charge in [0.25, 0.3) is 0 Å². The van der Waals surface area contributed by atoms with Gasteiger partial charge in [0.05, 0.1) is 36.8 Å². The summed E-state index contributed by atoms with van der Waals surface area (Å²) in [5, 5.41) is 8.27. The van der Waals surface area contributed by atoms with Gasteiger partial charge < -0.3 is 29.9 Å². The largest absolute Gasteiger partial charge is 0.494 e. The minimum absolute atomic E-state index is 0.0676. The quantitative estimate of drug-likeness (QED) is 0.175. The number of piperazine rings is 1. The summed E-state index contributed by atoms with van der Waals surface area (Å²) >= 11 is 0. The number of methoxy groups -OCH3 is 1. The van der Waals surface area contributed by atoms with Gasteiger partial charge in [0, 0.05) is 63.9 Å². The van der Waals surface area contributed by atoms with Gasteiger partial charge >= 0.3 is 0 Å². The zero-order valence-electron chi connectivity index (χ0n) is 29.3. The maximum Gasteiger partial charge on any atom is 0.247 e. The van der Waals surface area contributed by atoms with Gasteiger partial charge in [-0.3, -0.25) is 14.5 Å². The number of nitrogens with one attached hydrogen (secondary N) is 2. The fourth-order valence-electron chi connectivity index (χ4n) is 7.12. The van der Waals surface area contributed by atoms with Crippen molar-refractivity contribution in [1.82, 2.24) is 19.8 Å². The van der Waals surface area contributed by atoms with Gasteiger partial charge in [0.15, 0.2) is 5.82 Å². The number of para-hydroxylation sites is 1. The predicted molar refractivity (Wildman–Crippen MR) is 200 cm³/mol. The first-order valence-corrected chi connectivity index (χ1v) is 17.6. The first-order valence-electron chi connectivity index (χ1n) is 17.6. The van der Waals surface area contributed by atoms with E-state index in [1.54, 1.807) is 7.11 Å². The summed E-state index contributed by atoms with van der Waals surface area (Å²) in [6, 6.07) is 24.0. The third-order valence-corrected chi connectivity index (χ3v) is 9.89. The number of amides is 1. The summed E-state index contributed by atoms with van der Waals surface area (Å²) in [7, 11) is 3.84. The molecule has 2 N–H and O–H groups in total. The second-order valence-corrected chi connectivity index (χ2v) is 13.2. The highest BCUT2D eigenvalue weighted by Crippen LogP contribution is 2.41. The highest BCUT2D eigenvalue weighted by Gasteiger charge is 2.31. The monoisotopic (exact) mass is 690 g/mol. The number of anilines is 5. The third kappa shape index (κ3) is 8.09. The Morgan fingerprint density at radius 1 is 0.902 bits per heavy atom. The van der Waals surface area contributed by atoms with E-state index in [9.17, 15) is 4.79 Å². The Balaban J connectivity index is 1.09. The van der Waals surface area contributed by atoms with Crippen LogP contribution in [-0.4, -0.2) is 91.7 Å². The highest BCUT2D eigenvalue weighted by molar-refractivity contribution is 6.02. The van der Waals surface area contributed by atoms with Crippen LogP contribution in [0.3, 0.4) is 0 Å². The van der Waals surface area contributed by atoms with Crippen molar-refractivity contribution in [3.05, 3.63) is 97.3 Å². The van der Waals surface area contributed by atoms with Gasteiger partial charge in [-0.15, -0.1) is 0 Å². The van der Waals surface area contributed by atoms with Gasteiger partial charge in [-0.2, -0.15) is 0 Å². The Morgan fingerprint density at radius 2 is 1.69 bits per heavy atom. The van der Waals surface area contributed by atoms with Crippen LogP contribution in [0.5, 0.6) is 17.2 Å². The molecule has 0 bridgehead atoms. The van der Waals surface area contributed by atoms with E-state index >= 15 is 0 Å². The lowest BCUT2D eigenvalue weighted by atomic mass is 10.0. The number of rotatable bonds is 11. The molecule has 0 aliphatic carbocycles. The summed E-state index contributed by atoms with van der Waals surface area (Å²) in [5.74, 6) is 3.05. The molecule has 3 saturated heterocycles. The highest BCUT2D eigenvalue weighted by atomic mass is 16.7. The van der Waals surface area contributed by atoms with Gasteiger partial charge in [-0.05, 0) is 61.9 Å². The molecule has 12 heteroatoms. The number of hydrogen-bond donors (Lipinski definition) is 2. The Kier molecular flexibility index (Phi) is 10.6. The van der Waals surface area contributed by atoms with Crippen molar-refractivity contribution in [3.63, 3.8) is 0 Å². The normalized spacial score (nSPS) is 18.7. The van der Waals surface area contributed by atoms with E-state index in [4.69, 9.17) is 14.3 Å². The number of piperidine rings is 1. The van der Waals surface area contributed by atoms with Crippen molar-refractivity contribution >= 4 is 34.6 Å². The molecule has 7 rings (SSSR count). The lowest BCUT2D eigenvalue weighted by Crippen LogP contribution is -2.52. The van der Waals surface area contributed by atoms with Crippen LogP contribution in [0.4, 0.5) is 28.7 Å². The fraction of sp³-hybridized carbons (Fsp3) is 0.359. The number of nitrogens with zero attached hydrogens (tertiary/aromatic N) is 6. The molecule has 3 fully saturated rings. The van der Waals surface area contributed by atoms with Crippen molar-refractivity contribution in [3.8, 4) is 17.2 Å². The SMILES string of the molecule is C=CC(=O)Nc1cc(Nc2cc(N3OCCC3c3cccc(Oc4ccccc4)c3)ncn2)c(OC)cc1N1CCC(N2CCN(C)CC2)CC1. The Morgan fingerprint density at radius 3 is 2.45 bits per heavy atom. The average molecular weight is 691 g/mol. The fourth-order valence-corrected chi connectivity index (χ4v) is 7.12. The average Bonchev–Trinajstić information content (AvgIpc) is 3.67. The number of ether oxygens (including phenoxy) is 2. The number of likely N-dealkylation sites (N-methyl/N-ethyl adjacent to an activating group) is 1. The lowest BCUT2D eigenvalue weighted by Gasteiger charge is -2.43. The number of benzene rings is 3. The van der Waals surface area contributed by atoms with E-state index < -0.39 is 0 Å². The smallest absolute Gasteiger partial charge is 0.247 e. The molecule has 0 spiro atoms. The number of carbonyl (C=O) groups is 1. The number of carbonyl (C=O) groups excluding carboxylic acids is 1. The van der Waals surface area contributed by atoms with Crippen LogP contribution in [0.1, 0.15) is 30.9 Å². The molecule has 1 unspecified atom stereocenters. The Bertz CT molecular complexity index is 1810. The van der Waals surface area contributed by atoms with Crippen LogP contribution in [0.15, 0.2) is 91.8 Å². The Labute approximate surface area is 299 Å². The molecule has 12 nitrogen and oxygen atoms in total. The second kappa shape index (κ2) is 15.8. The van der Waals surface area contributed by atoms with E-state index in [0.29, 0.717) is 41.4 Å². The van der Waals surface area contributed by atoms with E-state index in [-0.39, 0.29) is 11.9 Å². The molecule has 4 heterocycles. The molecular weight excluding hydrogens is 644 g/mol.